The molecule has 2 aliphatic carbocycles. The summed E-state index contributed by atoms with van der Waals surface area (Å²) in [5.74, 6) is -1.11. The summed E-state index contributed by atoms with van der Waals surface area (Å²) < 4.78 is 10.9. The molecule has 1 aliphatic heterocycles. The highest BCUT2D eigenvalue weighted by molar-refractivity contribution is 5.91. The largest absolute Gasteiger partial charge is 0.595 e. The lowest BCUT2D eigenvalue weighted by Crippen LogP contribution is -2.99. The van der Waals surface area contributed by atoms with Crippen molar-refractivity contribution in [3.8, 4) is 0 Å². The zero-order valence-corrected chi connectivity index (χ0v) is 17.1. The third-order valence-corrected chi connectivity index (χ3v) is 7.31. The van der Waals surface area contributed by atoms with Gasteiger partial charge in [0.2, 0.25) is 0 Å². The molecule has 6 unspecified atom stereocenters. The van der Waals surface area contributed by atoms with Crippen LogP contribution in [0.15, 0.2) is 35.9 Å². The number of rotatable bonds is 4. The van der Waals surface area contributed by atoms with Crippen molar-refractivity contribution >= 4 is 17.6 Å². The first-order valence-corrected chi connectivity index (χ1v) is 10.2. The fourth-order valence-corrected chi connectivity index (χ4v) is 5.88. The average Bonchev–Trinajstić information content (AvgIpc) is 3.07. The molecule has 2 fully saturated rings. The Morgan fingerprint density at radius 2 is 2.00 bits per heavy atom. The van der Waals surface area contributed by atoms with Crippen molar-refractivity contribution in [1.82, 2.24) is 0 Å². The molecule has 3 N–H and O–H groups in total. The minimum Gasteiger partial charge on any atom is -0.595 e. The van der Waals surface area contributed by atoms with Gasteiger partial charge in [0.25, 0.3) is 0 Å². The molecule has 3 aliphatic rings. The second-order valence-electron chi connectivity index (χ2n) is 9.21. The molecule has 162 valence electrons. The summed E-state index contributed by atoms with van der Waals surface area (Å²) in [6.45, 7) is 4.59. The van der Waals surface area contributed by atoms with Crippen LogP contribution in [0.25, 0.3) is 0 Å². The van der Waals surface area contributed by atoms with E-state index < -0.39 is 22.7 Å². The van der Waals surface area contributed by atoms with Gasteiger partial charge in [-0.1, -0.05) is 20.3 Å². The molecular weight excluding hydrogens is 390 g/mol. The third-order valence-electron chi connectivity index (χ3n) is 7.31. The van der Waals surface area contributed by atoms with Crippen LogP contribution in [0.3, 0.4) is 0 Å². The number of ether oxygens (including phenoxy) is 2. The Morgan fingerprint density at radius 3 is 2.67 bits per heavy atom. The highest BCUT2D eigenvalue weighted by Gasteiger charge is 2.60. The van der Waals surface area contributed by atoms with Crippen molar-refractivity contribution in [3.63, 3.8) is 0 Å². The molecule has 0 spiro atoms. The van der Waals surface area contributed by atoms with Crippen LogP contribution in [0.2, 0.25) is 0 Å². The quantitative estimate of drug-likeness (QED) is 0.502. The molecule has 0 aromatic heterocycles. The number of quaternary nitrogens is 1. The molecule has 6 atom stereocenters. The molecule has 1 saturated carbocycles. The maximum Gasteiger partial charge on any atom is 0.338 e. The number of carbonyl (C=O) groups is 2. The van der Waals surface area contributed by atoms with Crippen LogP contribution in [0.5, 0.6) is 0 Å². The van der Waals surface area contributed by atoms with Crippen molar-refractivity contribution in [2.24, 2.45) is 22.7 Å². The Morgan fingerprint density at radius 1 is 1.30 bits per heavy atom. The maximum atomic E-state index is 12.5. The smallest absolute Gasteiger partial charge is 0.338 e. The number of carbonyl (C=O) groups excluding carboxylic acids is 2. The van der Waals surface area contributed by atoms with Gasteiger partial charge in [-0.15, -0.1) is 0 Å². The monoisotopic (exact) mass is 417 g/mol. The van der Waals surface area contributed by atoms with E-state index in [1.807, 2.05) is 6.92 Å². The second-order valence-corrected chi connectivity index (χ2v) is 9.21. The van der Waals surface area contributed by atoms with Gasteiger partial charge >= 0.3 is 11.9 Å². The Bertz CT molecular complexity index is 880. The summed E-state index contributed by atoms with van der Waals surface area (Å²) in [5, 5.41) is 29.9. The van der Waals surface area contributed by atoms with E-state index >= 15 is 0 Å². The van der Waals surface area contributed by atoms with Crippen molar-refractivity contribution < 1.29 is 34.6 Å². The molecule has 1 aromatic carbocycles. The minimum atomic E-state index is -1.06. The maximum absolute atomic E-state index is 12.5. The van der Waals surface area contributed by atoms with E-state index in [0.717, 1.165) is 19.3 Å². The number of benzene rings is 1. The molecule has 1 heterocycles. The number of hydrogen-bond acceptors (Lipinski definition) is 7. The van der Waals surface area contributed by atoms with Crippen LogP contribution >= 0.6 is 0 Å². The topological polar surface area (TPSA) is 121 Å². The van der Waals surface area contributed by atoms with Crippen LogP contribution in [0.1, 0.15) is 43.5 Å². The lowest BCUT2D eigenvalue weighted by Gasteiger charge is -2.57. The number of aliphatic hydroxyl groups is 1. The summed E-state index contributed by atoms with van der Waals surface area (Å²) in [4.78, 5) is 24.6. The highest BCUT2D eigenvalue weighted by atomic mass is 16.8. The SMILES string of the molecule is CC1(COC(=O)c2ccc([NH+]([O-])O)cc2)CCCC2(C)C3COC(=O)C3=CC(O)C12. The van der Waals surface area contributed by atoms with Crippen molar-refractivity contribution in [1.29, 1.82) is 0 Å². The van der Waals surface area contributed by atoms with E-state index in [1.165, 1.54) is 24.3 Å². The Balaban J connectivity index is 1.53. The lowest BCUT2D eigenvalue weighted by molar-refractivity contribution is -0.991. The number of fused-ring (bicyclic) bond motifs is 3. The van der Waals surface area contributed by atoms with Gasteiger partial charge in [-0.3, -0.25) is 0 Å². The van der Waals surface area contributed by atoms with Crippen LogP contribution < -0.4 is 5.23 Å². The first kappa shape index (κ1) is 21.0. The number of hydrogen-bond donors (Lipinski definition) is 3. The van der Waals surface area contributed by atoms with E-state index in [2.05, 4.69) is 6.92 Å². The minimum absolute atomic E-state index is 0.0581. The van der Waals surface area contributed by atoms with Gasteiger partial charge < -0.3 is 19.8 Å². The lowest BCUT2D eigenvalue weighted by atomic mass is 9.48. The molecular formula is C22H27NO7. The molecule has 0 bridgehead atoms. The Labute approximate surface area is 174 Å². The van der Waals surface area contributed by atoms with Gasteiger partial charge in [-0.2, -0.15) is 5.23 Å². The van der Waals surface area contributed by atoms with E-state index in [9.17, 15) is 19.9 Å². The predicted molar refractivity (Wildman–Crippen MR) is 105 cm³/mol. The summed E-state index contributed by atoms with van der Waals surface area (Å²) in [6, 6.07) is 5.61. The molecule has 1 aromatic rings. The fraction of sp³-hybridized carbons (Fsp3) is 0.545. The molecule has 8 heteroatoms. The molecule has 4 rings (SSSR count). The summed E-state index contributed by atoms with van der Waals surface area (Å²) in [7, 11) is 0. The average molecular weight is 417 g/mol. The predicted octanol–water partition coefficient (Wildman–Crippen LogP) is 1.53. The zero-order chi connectivity index (χ0) is 21.7. The van der Waals surface area contributed by atoms with Gasteiger partial charge in [0.05, 0.1) is 24.9 Å². The molecule has 30 heavy (non-hydrogen) atoms. The number of nitrogens with one attached hydrogen (secondary N) is 1. The van der Waals surface area contributed by atoms with E-state index in [-0.39, 0.29) is 41.1 Å². The van der Waals surface area contributed by atoms with Crippen LogP contribution in [0.4, 0.5) is 5.69 Å². The van der Waals surface area contributed by atoms with Gasteiger partial charge in [0.15, 0.2) is 5.69 Å². The fourth-order valence-electron chi connectivity index (χ4n) is 5.88. The van der Waals surface area contributed by atoms with Gasteiger partial charge in [0, 0.05) is 35.0 Å². The van der Waals surface area contributed by atoms with Crippen LogP contribution in [-0.4, -0.2) is 41.6 Å². The number of cyclic esters (lactones) is 1. The summed E-state index contributed by atoms with van der Waals surface area (Å²) in [6.07, 6.45) is 3.38. The Kier molecular flexibility index (Phi) is 5.22. The number of aliphatic hydroxyl groups excluding tert-OH is 1. The third kappa shape index (κ3) is 3.33. The second kappa shape index (κ2) is 7.46. The summed E-state index contributed by atoms with van der Waals surface area (Å²) in [5.41, 5.74) is 0.168. The van der Waals surface area contributed by atoms with E-state index in [0.29, 0.717) is 12.2 Å². The first-order valence-electron chi connectivity index (χ1n) is 10.2. The zero-order valence-electron chi connectivity index (χ0n) is 17.1. The summed E-state index contributed by atoms with van der Waals surface area (Å²) >= 11 is 0. The van der Waals surface area contributed by atoms with Gasteiger partial charge in [0.1, 0.15) is 0 Å². The normalized spacial score (nSPS) is 36.2. The van der Waals surface area contributed by atoms with E-state index in [4.69, 9.17) is 14.7 Å². The van der Waals surface area contributed by atoms with E-state index in [1.54, 1.807) is 6.08 Å². The van der Waals surface area contributed by atoms with Crippen LogP contribution in [-0.2, 0) is 14.3 Å². The Hall–Kier alpha value is -2.26. The van der Waals surface area contributed by atoms with Crippen LogP contribution in [0, 0.1) is 27.9 Å². The number of esters is 2. The van der Waals surface area contributed by atoms with Gasteiger partial charge in [-0.05, 0) is 36.5 Å². The molecule has 1 saturated heterocycles. The van der Waals surface area contributed by atoms with Gasteiger partial charge in [-0.25, -0.2) is 14.8 Å². The standard InChI is InChI=1S/C22H27NO7/c1-21(12-30-19(25)13-4-6-14(7-5-13)23(27)28)8-3-9-22(2)16-11-29-20(26)15(16)10-17(24)18(21)22/h4-7,10,16-18,23-24,27H,3,8-9,11-12H2,1-2H3. The highest BCUT2D eigenvalue weighted by Crippen LogP contribution is 2.61. The molecule has 8 nitrogen and oxygen atoms in total. The van der Waals surface area contributed by atoms with Crippen molar-refractivity contribution in [3.05, 3.63) is 46.7 Å². The molecule has 0 amide bonds. The van der Waals surface area contributed by atoms with Crippen molar-refractivity contribution in [2.75, 3.05) is 13.2 Å². The first-order chi connectivity index (χ1) is 14.2. The molecule has 0 radical (unpaired) electrons. The van der Waals surface area contributed by atoms with Crippen molar-refractivity contribution in [2.45, 2.75) is 39.2 Å².